The van der Waals surface area contributed by atoms with E-state index in [1.54, 1.807) is 16.7 Å². The van der Waals surface area contributed by atoms with Crippen LogP contribution in [-0.2, 0) is 11.4 Å². The molecule has 1 heterocycles. The Morgan fingerprint density at radius 2 is 1.76 bits per heavy atom. The highest BCUT2D eigenvalue weighted by Gasteiger charge is 2.33. The first-order valence-electron chi connectivity index (χ1n) is 10.7. The lowest BCUT2D eigenvalue weighted by Gasteiger charge is -2.15. The van der Waals surface area contributed by atoms with E-state index in [4.69, 9.17) is 17.0 Å². The summed E-state index contributed by atoms with van der Waals surface area (Å²) in [6.45, 7) is 0.471. The van der Waals surface area contributed by atoms with Gasteiger partial charge in [-0.05, 0) is 64.6 Å². The summed E-state index contributed by atoms with van der Waals surface area (Å²) in [6.07, 6.45) is 3.89. The SMILES string of the molecule is CSc1cccc(N2C(=O)/C(=C\c3cccc(OCc4cccc5ccccc45)c3)SC2=S)c1. The van der Waals surface area contributed by atoms with E-state index < -0.39 is 0 Å². The number of rotatable bonds is 6. The number of carbonyl (C=O) groups is 1. The van der Waals surface area contributed by atoms with E-state index >= 15 is 0 Å². The first-order chi connectivity index (χ1) is 16.6. The van der Waals surface area contributed by atoms with E-state index in [9.17, 15) is 4.79 Å². The molecule has 0 bridgehead atoms. The zero-order valence-electron chi connectivity index (χ0n) is 18.4. The van der Waals surface area contributed by atoms with Crippen molar-refractivity contribution in [1.82, 2.24) is 0 Å². The molecule has 5 rings (SSSR count). The summed E-state index contributed by atoms with van der Waals surface area (Å²) >= 11 is 8.49. The van der Waals surface area contributed by atoms with Crippen molar-refractivity contribution in [2.75, 3.05) is 11.2 Å². The molecule has 1 aliphatic heterocycles. The number of hydrogen-bond donors (Lipinski definition) is 0. The van der Waals surface area contributed by atoms with Crippen LogP contribution in [0.5, 0.6) is 5.75 Å². The number of hydrogen-bond acceptors (Lipinski definition) is 5. The van der Waals surface area contributed by atoms with Crippen LogP contribution in [-0.4, -0.2) is 16.5 Å². The molecular formula is C28H21NO2S3. The molecule has 1 amide bonds. The third-order valence-corrected chi connectivity index (χ3v) is 7.56. The van der Waals surface area contributed by atoms with E-state index in [-0.39, 0.29) is 5.91 Å². The van der Waals surface area contributed by atoms with E-state index in [2.05, 4.69) is 24.3 Å². The summed E-state index contributed by atoms with van der Waals surface area (Å²) in [7, 11) is 0. The minimum atomic E-state index is -0.102. The fraction of sp³-hybridized carbons (Fsp3) is 0.0714. The standard InChI is InChI=1S/C28H21NO2S3/c1-33-24-13-6-11-22(17-24)29-27(30)26(34-28(29)32)16-19-7-4-12-23(15-19)31-18-21-10-5-9-20-8-2-3-14-25(20)21/h2-17H,18H2,1H3/b26-16+. The van der Waals surface area contributed by atoms with Gasteiger partial charge in [-0.15, -0.1) is 11.8 Å². The fourth-order valence-electron chi connectivity index (χ4n) is 3.86. The molecule has 4 aromatic rings. The molecule has 0 radical (unpaired) electrons. The van der Waals surface area contributed by atoms with Gasteiger partial charge in [0.1, 0.15) is 12.4 Å². The molecule has 1 fully saturated rings. The number of benzene rings is 4. The Hall–Kier alpha value is -3.06. The van der Waals surface area contributed by atoms with Crippen molar-refractivity contribution in [3.63, 3.8) is 0 Å². The van der Waals surface area contributed by atoms with Crippen LogP contribution in [0, 0.1) is 0 Å². The molecule has 3 nitrogen and oxygen atoms in total. The van der Waals surface area contributed by atoms with Crippen molar-refractivity contribution in [3.05, 3.63) is 107 Å². The summed E-state index contributed by atoms with van der Waals surface area (Å²) in [5.41, 5.74) is 2.83. The van der Waals surface area contributed by atoms with Gasteiger partial charge >= 0.3 is 0 Å². The van der Waals surface area contributed by atoms with Crippen molar-refractivity contribution in [3.8, 4) is 5.75 Å². The zero-order valence-corrected chi connectivity index (χ0v) is 20.9. The van der Waals surface area contributed by atoms with E-state index in [1.807, 2.05) is 79.1 Å². The summed E-state index contributed by atoms with van der Waals surface area (Å²) in [5.74, 6) is 0.653. The average molecular weight is 500 g/mol. The number of nitrogens with zero attached hydrogens (tertiary/aromatic N) is 1. The molecule has 4 aromatic carbocycles. The molecule has 0 unspecified atom stereocenters. The zero-order chi connectivity index (χ0) is 23.5. The number of carbonyl (C=O) groups excluding carboxylic acids is 1. The van der Waals surface area contributed by atoms with Crippen LogP contribution in [0.4, 0.5) is 5.69 Å². The highest BCUT2D eigenvalue weighted by molar-refractivity contribution is 8.27. The van der Waals surface area contributed by atoms with Crippen LogP contribution in [0.3, 0.4) is 0 Å². The average Bonchev–Trinajstić information content (AvgIpc) is 3.15. The highest BCUT2D eigenvalue weighted by Crippen LogP contribution is 2.37. The Labute approximate surface area is 212 Å². The molecule has 0 aliphatic carbocycles. The summed E-state index contributed by atoms with van der Waals surface area (Å²) in [6, 6.07) is 30.2. The molecule has 0 atom stereocenters. The second-order valence-electron chi connectivity index (χ2n) is 7.72. The lowest BCUT2D eigenvalue weighted by molar-refractivity contribution is -0.113. The monoisotopic (exact) mass is 499 g/mol. The summed E-state index contributed by atoms with van der Waals surface area (Å²) in [5, 5.41) is 2.39. The molecule has 0 N–H and O–H groups in total. The second-order valence-corrected chi connectivity index (χ2v) is 10.3. The van der Waals surface area contributed by atoms with E-state index in [0.717, 1.165) is 27.5 Å². The summed E-state index contributed by atoms with van der Waals surface area (Å²) in [4.78, 5) is 16.4. The number of anilines is 1. The normalized spacial score (nSPS) is 14.9. The summed E-state index contributed by atoms with van der Waals surface area (Å²) < 4.78 is 6.65. The lowest BCUT2D eigenvalue weighted by atomic mass is 10.1. The Morgan fingerprint density at radius 3 is 2.65 bits per heavy atom. The number of thioether (sulfide) groups is 2. The fourth-order valence-corrected chi connectivity index (χ4v) is 5.62. The Balaban J connectivity index is 1.34. The number of fused-ring (bicyclic) bond motifs is 1. The van der Waals surface area contributed by atoms with Crippen molar-refractivity contribution >= 4 is 68.5 Å². The van der Waals surface area contributed by atoms with Gasteiger partial charge in [-0.25, -0.2) is 0 Å². The van der Waals surface area contributed by atoms with Crippen LogP contribution < -0.4 is 9.64 Å². The second kappa shape index (κ2) is 10.1. The van der Waals surface area contributed by atoms with Gasteiger partial charge in [-0.1, -0.05) is 84.6 Å². The third kappa shape index (κ3) is 4.75. The van der Waals surface area contributed by atoms with Gasteiger partial charge < -0.3 is 4.74 Å². The maximum atomic E-state index is 13.2. The van der Waals surface area contributed by atoms with Crippen molar-refractivity contribution in [2.45, 2.75) is 11.5 Å². The van der Waals surface area contributed by atoms with Gasteiger partial charge in [-0.2, -0.15) is 0 Å². The molecular weight excluding hydrogens is 479 g/mol. The van der Waals surface area contributed by atoms with E-state index in [0.29, 0.717) is 15.8 Å². The first-order valence-corrected chi connectivity index (χ1v) is 13.2. The van der Waals surface area contributed by atoms with Crippen LogP contribution in [0.25, 0.3) is 16.8 Å². The van der Waals surface area contributed by atoms with Crippen LogP contribution in [0.2, 0.25) is 0 Å². The molecule has 0 aromatic heterocycles. The number of ether oxygens (including phenoxy) is 1. The predicted octanol–water partition coefficient (Wildman–Crippen LogP) is 7.55. The molecule has 1 aliphatic rings. The van der Waals surface area contributed by atoms with Gasteiger partial charge in [0.05, 0.1) is 10.6 Å². The largest absolute Gasteiger partial charge is 0.489 e. The van der Waals surface area contributed by atoms with Gasteiger partial charge in [0.15, 0.2) is 4.32 Å². The number of amides is 1. The van der Waals surface area contributed by atoms with Gasteiger partial charge in [-0.3, -0.25) is 9.69 Å². The van der Waals surface area contributed by atoms with Gasteiger partial charge in [0.2, 0.25) is 0 Å². The van der Waals surface area contributed by atoms with Crippen LogP contribution in [0.1, 0.15) is 11.1 Å². The minimum absolute atomic E-state index is 0.102. The molecule has 168 valence electrons. The van der Waals surface area contributed by atoms with Gasteiger partial charge in [0, 0.05) is 4.90 Å². The highest BCUT2D eigenvalue weighted by atomic mass is 32.2. The van der Waals surface area contributed by atoms with Gasteiger partial charge in [0.25, 0.3) is 5.91 Å². The van der Waals surface area contributed by atoms with E-state index in [1.165, 1.54) is 22.5 Å². The molecule has 0 spiro atoms. The lowest BCUT2D eigenvalue weighted by Crippen LogP contribution is -2.27. The van der Waals surface area contributed by atoms with Crippen molar-refractivity contribution in [2.24, 2.45) is 0 Å². The quantitative estimate of drug-likeness (QED) is 0.155. The Morgan fingerprint density at radius 1 is 0.971 bits per heavy atom. The Kier molecular flexibility index (Phi) is 6.72. The minimum Gasteiger partial charge on any atom is -0.489 e. The Bertz CT molecular complexity index is 1420. The maximum Gasteiger partial charge on any atom is 0.270 e. The topological polar surface area (TPSA) is 29.5 Å². The maximum absolute atomic E-state index is 13.2. The molecule has 1 saturated heterocycles. The third-order valence-electron chi connectivity index (χ3n) is 5.54. The predicted molar refractivity (Wildman–Crippen MR) is 149 cm³/mol. The molecule has 6 heteroatoms. The smallest absolute Gasteiger partial charge is 0.270 e. The van der Waals surface area contributed by atoms with Crippen LogP contribution >= 0.6 is 35.7 Å². The van der Waals surface area contributed by atoms with Crippen molar-refractivity contribution < 1.29 is 9.53 Å². The molecule has 0 saturated carbocycles. The number of thiocarbonyl (C=S) groups is 1. The molecule has 34 heavy (non-hydrogen) atoms. The van der Waals surface area contributed by atoms with Crippen molar-refractivity contribution in [1.29, 1.82) is 0 Å². The van der Waals surface area contributed by atoms with Crippen LogP contribution in [0.15, 0.2) is 101 Å². The first kappa shape index (κ1) is 22.7.